The molecule has 5 heterocycles. The molecule has 6 rings (SSSR count). The summed E-state index contributed by atoms with van der Waals surface area (Å²) in [6.07, 6.45) is 5.59. The molecule has 0 atom stereocenters. The molecule has 0 radical (unpaired) electrons. The summed E-state index contributed by atoms with van der Waals surface area (Å²) in [6, 6.07) is 12.5. The number of hydrogen-bond acceptors (Lipinski definition) is 4. The lowest BCUT2D eigenvalue weighted by Crippen LogP contribution is -2.30. The van der Waals surface area contributed by atoms with Crippen LogP contribution in [-0.2, 0) is 7.05 Å². The fraction of sp³-hybridized carbons (Fsp3) is 0.0952. The molecule has 6 heteroatoms. The fourth-order valence-electron chi connectivity index (χ4n) is 3.91. The van der Waals surface area contributed by atoms with Crippen LogP contribution in [0.3, 0.4) is 0 Å². The molecular formula is C21H15N4OS+. The van der Waals surface area contributed by atoms with Crippen LogP contribution in [0.4, 0.5) is 0 Å². The Bertz CT molecular complexity index is 1510. The second-order valence-corrected chi connectivity index (χ2v) is 7.77. The van der Waals surface area contributed by atoms with Gasteiger partial charge < -0.3 is 4.52 Å². The van der Waals surface area contributed by atoms with E-state index in [2.05, 4.69) is 47.9 Å². The molecule has 5 nitrogen and oxygen atoms in total. The van der Waals surface area contributed by atoms with Gasteiger partial charge in [-0.2, -0.15) is 9.14 Å². The van der Waals surface area contributed by atoms with Gasteiger partial charge in [-0.05, 0) is 24.6 Å². The van der Waals surface area contributed by atoms with Gasteiger partial charge in [0.05, 0.1) is 10.3 Å². The summed E-state index contributed by atoms with van der Waals surface area (Å²) < 4.78 is 10.8. The highest BCUT2D eigenvalue weighted by molar-refractivity contribution is 7.26. The summed E-state index contributed by atoms with van der Waals surface area (Å²) in [6.45, 7) is 2.16. The predicted molar refractivity (Wildman–Crippen MR) is 107 cm³/mol. The van der Waals surface area contributed by atoms with Crippen molar-refractivity contribution in [3.8, 4) is 11.3 Å². The molecule has 0 fully saturated rings. The van der Waals surface area contributed by atoms with E-state index >= 15 is 0 Å². The monoisotopic (exact) mass is 371 g/mol. The van der Waals surface area contributed by atoms with Crippen LogP contribution in [0.2, 0.25) is 0 Å². The average Bonchev–Trinajstić information content (AvgIpc) is 3.35. The summed E-state index contributed by atoms with van der Waals surface area (Å²) in [5.41, 5.74) is 6.27. The zero-order valence-corrected chi connectivity index (χ0v) is 15.6. The molecule has 0 aliphatic rings. The molecule has 0 spiro atoms. The maximum atomic E-state index is 5.61. The third kappa shape index (κ3) is 1.90. The van der Waals surface area contributed by atoms with Crippen LogP contribution in [0.15, 0.2) is 59.6 Å². The Morgan fingerprint density at radius 1 is 1.11 bits per heavy atom. The van der Waals surface area contributed by atoms with Gasteiger partial charge in [0.25, 0.3) is 0 Å². The van der Waals surface area contributed by atoms with Gasteiger partial charge in [0.15, 0.2) is 17.4 Å². The van der Waals surface area contributed by atoms with Crippen LogP contribution < -0.4 is 4.57 Å². The minimum atomic E-state index is 0.820. The summed E-state index contributed by atoms with van der Waals surface area (Å²) >= 11 is 1.74. The van der Waals surface area contributed by atoms with Gasteiger partial charge in [0.2, 0.25) is 5.69 Å². The average molecular weight is 371 g/mol. The van der Waals surface area contributed by atoms with Crippen LogP contribution >= 0.6 is 11.3 Å². The first-order valence-corrected chi connectivity index (χ1v) is 9.56. The van der Waals surface area contributed by atoms with Crippen molar-refractivity contribution < 1.29 is 9.09 Å². The molecule has 0 amide bonds. The molecule has 0 bridgehead atoms. The molecule has 6 aromatic rings. The largest absolute Gasteiger partial charge is 0.381 e. The van der Waals surface area contributed by atoms with E-state index in [9.17, 15) is 0 Å². The summed E-state index contributed by atoms with van der Waals surface area (Å²) in [5.74, 6) is 0. The van der Waals surface area contributed by atoms with Crippen LogP contribution in [-0.4, -0.2) is 14.5 Å². The van der Waals surface area contributed by atoms with E-state index in [0.29, 0.717) is 0 Å². The van der Waals surface area contributed by atoms with Gasteiger partial charge in [-0.15, -0.1) is 11.3 Å². The number of imidazole rings is 1. The highest BCUT2D eigenvalue weighted by Gasteiger charge is 2.25. The number of pyridine rings is 2. The molecule has 27 heavy (non-hydrogen) atoms. The van der Waals surface area contributed by atoms with Crippen molar-refractivity contribution >= 4 is 48.3 Å². The molecule has 0 unspecified atom stereocenters. The highest BCUT2D eigenvalue weighted by Crippen LogP contribution is 2.41. The van der Waals surface area contributed by atoms with Crippen molar-refractivity contribution in [3.63, 3.8) is 0 Å². The molecule has 5 aromatic heterocycles. The zero-order chi connectivity index (χ0) is 18.1. The zero-order valence-electron chi connectivity index (χ0n) is 14.8. The Labute approximate surface area is 158 Å². The van der Waals surface area contributed by atoms with Crippen molar-refractivity contribution in [1.29, 1.82) is 0 Å². The number of hydrogen-bond donors (Lipinski definition) is 0. The number of aromatic nitrogens is 4. The van der Waals surface area contributed by atoms with Crippen molar-refractivity contribution in [2.75, 3.05) is 0 Å². The number of rotatable bonds is 1. The Balaban J connectivity index is 1.82. The third-order valence-corrected chi connectivity index (χ3v) is 6.32. The normalized spacial score (nSPS) is 12.1. The molecule has 0 saturated carbocycles. The molecule has 0 aliphatic heterocycles. The predicted octanol–water partition coefficient (Wildman–Crippen LogP) is 4.64. The molecule has 0 saturated heterocycles. The van der Waals surface area contributed by atoms with Crippen molar-refractivity contribution in [2.24, 2.45) is 7.05 Å². The van der Waals surface area contributed by atoms with Gasteiger partial charge in [-0.3, -0.25) is 0 Å². The molecule has 0 N–H and O–H groups in total. The number of benzene rings is 1. The Kier molecular flexibility index (Phi) is 2.83. The minimum Gasteiger partial charge on any atom is -0.381 e. The summed E-state index contributed by atoms with van der Waals surface area (Å²) in [5, 5.41) is 2.44. The smallest absolute Gasteiger partial charge is 0.242 e. The van der Waals surface area contributed by atoms with Gasteiger partial charge in [0, 0.05) is 29.1 Å². The van der Waals surface area contributed by atoms with Crippen molar-refractivity contribution in [2.45, 2.75) is 6.92 Å². The van der Waals surface area contributed by atoms with E-state index in [0.717, 1.165) is 27.2 Å². The molecule has 1 aromatic carbocycles. The first-order chi connectivity index (χ1) is 13.2. The highest BCUT2D eigenvalue weighted by atomic mass is 32.1. The first-order valence-electron chi connectivity index (χ1n) is 8.74. The number of fused-ring (bicyclic) bond motifs is 6. The Morgan fingerprint density at radius 2 is 2.04 bits per heavy atom. The van der Waals surface area contributed by atoms with Crippen molar-refractivity contribution in [1.82, 2.24) is 14.5 Å². The SMILES string of the molecule is Cc1ccc2c(sc3ncccc32)c1-c1c2nc3ccon3c2cc[n+]1C. The van der Waals surface area contributed by atoms with E-state index in [1.165, 1.54) is 26.6 Å². The Hall–Kier alpha value is -3.25. The minimum absolute atomic E-state index is 0.820. The summed E-state index contributed by atoms with van der Waals surface area (Å²) in [4.78, 5) is 10.5. The van der Waals surface area contributed by atoms with Crippen LogP contribution in [0.5, 0.6) is 0 Å². The van der Waals surface area contributed by atoms with Gasteiger partial charge in [0.1, 0.15) is 23.7 Å². The maximum Gasteiger partial charge on any atom is 0.242 e. The number of aryl methyl sites for hydroxylation is 2. The topological polar surface area (TPSA) is 47.2 Å². The van der Waals surface area contributed by atoms with E-state index in [1.807, 2.05) is 24.4 Å². The fourth-order valence-corrected chi connectivity index (χ4v) is 5.15. The van der Waals surface area contributed by atoms with Crippen molar-refractivity contribution in [3.05, 3.63) is 60.6 Å². The lowest BCUT2D eigenvalue weighted by molar-refractivity contribution is -0.659. The molecular weight excluding hydrogens is 356 g/mol. The lowest BCUT2D eigenvalue weighted by Gasteiger charge is -2.07. The summed E-state index contributed by atoms with van der Waals surface area (Å²) in [7, 11) is 2.07. The van der Waals surface area contributed by atoms with Crippen LogP contribution in [0.25, 0.3) is 48.2 Å². The van der Waals surface area contributed by atoms with Crippen LogP contribution in [0.1, 0.15) is 5.56 Å². The third-order valence-electron chi connectivity index (χ3n) is 5.18. The van der Waals surface area contributed by atoms with Gasteiger partial charge in [-0.1, -0.05) is 12.1 Å². The number of nitrogens with zero attached hydrogens (tertiary/aromatic N) is 4. The van der Waals surface area contributed by atoms with Gasteiger partial charge >= 0.3 is 0 Å². The second-order valence-electron chi connectivity index (χ2n) is 6.77. The van der Waals surface area contributed by atoms with E-state index in [-0.39, 0.29) is 0 Å². The standard InChI is InChI=1S/C21H15N4OS/c1-12-5-6-13-14-4-3-9-22-21(14)27-20(13)17(12)19-18-15(7-10-24(19)2)25-16(23-18)8-11-26-25/h3-11H,1-2H3/q+1. The molecule has 130 valence electrons. The maximum absolute atomic E-state index is 5.61. The second kappa shape index (κ2) is 5.14. The first kappa shape index (κ1) is 14.9. The van der Waals surface area contributed by atoms with Gasteiger partial charge in [-0.25, -0.2) is 9.97 Å². The lowest BCUT2D eigenvalue weighted by atomic mass is 10.0. The molecule has 0 aliphatic carbocycles. The van der Waals surface area contributed by atoms with E-state index in [1.54, 1.807) is 22.2 Å². The number of thiophene rings is 1. The Morgan fingerprint density at radius 3 is 2.96 bits per heavy atom. The van der Waals surface area contributed by atoms with E-state index in [4.69, 9.17) is 9.51 Å². The quantitative estimate of drug-likeness (QED) is 0.396. The van der Waals surface area contributed by atoms with E-state index < -0.39 is 0 Å². The van der Waals surface area contributed by atoms with Crippen LogP contribution in [0, 0.1) is 6.92 Å².